The van der Waals surface area contributed by atoms with Crippen LogP contribution in [0.25, 0.3) is 0 Å². The van der Waals surface area contributed by atoms with Gasteiger partial charge in [0.25, 0.3) is 0 Å². The second-order valence-electron chi connectivity index (χ2n) is 2.21. The van der Waals surface area contributed by atoms with Crippen LogP contribution in [0.4, 0.5) is 0 Å². The third-order valence-corrected chi connectivity index (χ3v) is 1.43. The molecule has 0 aromatic heterocycles. The van der Waals surface area contributed by atoms with Gasteiger partial charge >= 0.3 is 0 Å². The van der Waals surface area contributed by atoms with Gasteiger partial charge in [0, 0.05) is 6.07 Å². The molecule has 0 aliphatic heterocycles. The number of aromatic hydroxyl groups is 2. The zero-order chi connectivity index (χ0) is 9.14. The van der Waals surface area contributed by atoms with Gasteiger partial charge < -0.3 is 10.2 Å². The van der Waals surface area contributed by atoms with Crippen molar-refractivity contribution in [3.05, 3.63) is 23.3 Å². The van der Waals surface area contributed by atoms with Crippen molar-refractivity contribution in [1.29, 1.82) is 0 Å². The largest absolute Gasteiger partial charge is 0.507 e. The molecule has 2 N–H and O–H groups in total. The molecule has 0 radical (unpaired) electrons. The maximum Gasteiger partial charge on any atom is 0.153 e. The van der Waals surface area contributed by atoms with Crippen molar-refractivity contribution in [2.45, 2.75) is 0 Å². The fraction of sp³-hybridized carbons (Fsp3) is 0. The standard InChI is InChI=1S/C8H6O4/c9-3-5-1-6(4-10)8(12)2-7(5)11/h1-4,11-12H. The smallest absolute Gasteiger partial charge is 0.153 e. The lowest BCUT2D eigenvalue weighted by Crippen LogP contribution is -1.87. The first-order chi connectivity index (χ1) is 5.69. The van der Waals surface area contributed by atoms with Gasteiger partial charge in [-0.25, -0.2) is 0 Å². The highest BCUT2D eigenvalue weighted by Crippen LogP contribution is 2.24. The highest BCUT2D eigenvalue weighted by molar-refractivity contribution is 5.87. The highest BCUT2D eigenvalue weighted by atomic mass is 16.3. The van der Waals surface area contributed by atoms with E-state index in [9.17, 15) is 9.59 Å². The summed E-state index contributed by atoms with van der Waals surface area (Å²) in [6.07, 6.45) is 0.809. The fourth-order valence-electron chi connectivity index (χ4n) is 0.800. The topological polar surface area (TPSA) is 74.6 Å². The first kappa shape index (κ1) is 8.26. The molecule has 1 rings (SSSR count). The minimum Gasteiger partial charge on any atom is -0.507 e. The monoisotopic (exact) mass is 166 g/mol. The Morgan fingerprint density at radius 3 is 1.67 bits per heavy atom. The second kappa shape index (κ2) is 3.04. The first-order valence-electron chi connectivity index (χ1n) is 3.15. The SMILES string of the molecule is O=Cc1cc(C=O)c(O)cc1O. The summed E-state index contributed by atoms with van der Waals surface area (Å²) in [5.41, 5.74) is -0.0372. The normalized spacial score (nSPS) is 9.33. The fourth-order valence-corrected chi connectivity index (χ4v) is 0.800. The summed E-state index contributed by atoms with van der Waals surface area (Å²) in [5.74, 6) is -0.679. The molecule has 4 heteroatoms. The first-order valence-corrected chi connectivity index (χ1v) is 3.15. The van der Waals surface area contributed by atoms with E-state index in [1.165, 1.54) is 0 Å². The van der Waals surface area contributed by atoms with Gasteiger partial charge in [0.1, 0.15) is 11.5 Å². The molecule has 0 heterocycles. The highest BCUT2D eigenvalue weighted by Gasteiger charge is 2.06. The van der Waals surface area contributed by atoms with Gasteiger partial charge in [-0.05, 0) is 6.07 Å². The number of hydrogen-bond acceptors (Lipinski definition) is 4. The Balaban J connectivity index is 3.36. The van der Waals surface area contributed by atoms with Crippen LogP contribution in [0.2, 0.25) is 0 Å². The lowest BCUT2D eigenvalue weighted by atomic mass is 10.1. The van der Waals surface area contributed by atoms with Gasteiger partial charge in [0.2, 0.25) is 0 Å². The predicted octanol–water partition coefficient (Wildman–Crippen LogP) is 0.723. The van der Waals surface area contributed by atoms with Crippen molar-refractivity contribution < 1.29 is 19.8 Å². The Kier molecular flexibility index (Phi) is 2.09. The van der Waals surface area contributed by atoms with Crippen LogP contribution in [-0.4, -0.2) is 22.8 Å². The van der Waals surface area contributed by atoms with Crippen LogP contribution in [0.15, 0.2) is 12.1 Å². The van der Waals surface area contributed by atoms with Crippen molar-refractivity contribution >= 4 is 12.6 Å². The van der Waals surface area contributed by atoms with E-state index in [0.717, 1.165) is 12.1 Å². The summed E-state index contributed by atoms with van der Waals surface area (Å²) in [6.45, 7) is 0. The molecule has 0 saturated heterocycles. The molecule has 0 aliphatic rings. The van der Waals surface area contributed by atoms with E-state index >= 15 is 0 Å². The average Bonchev–Trinajstić information content (AvgIpc) is 2.05. The maximum atomic E-state index is 10.2. The number of phenolic OH excluding ortho intramolecular Hbond substituents is 2. The van der Waals surface area contributed by atoms with Crippen LogP contribution in [0.5, 0.6) is 11.5 Å². The molecule has 1 aromatic carbocycles. The number of rotatable bonds is 2. The molecular weight excluding hydrogens is 160 g/mol. The van der Waals surface area contributed by atoms with Crippen LogP contribution in [-0.2, 0) is 0 Å². The van der Waals surface area contributed by atoms with Gasteiger partial charge in [-0.1, -0.05) is 0 Å². The number of carbonyl (C=O) groups excluding carboxylic acids is 2. The Morgan fingerprint density at radius 2 is 1.33 bits per heavy atom. The molecular formula is C8H6O4. The zero-order valence-corrected chi connectivity index (χ0v) is 6.02. The number of phenols is 2. The Morgan fingerprint density at radius 1 is 0.917 bits per heavy atom. The summed E-state index contributed by atoms with van der Waals surface area (Å²) in [4.78, 5) is 20.5. The van der Waals surface area contributed by atoms with E-state index in [1.54, 1.807) is 0 Å². The van der Waals surface area contributed by atoms with E-state index in [2.05, 4.69) is 0 Å². The quantitative estimate of drug-likeness (QED) is 0.635. The van der Waals surface area contributed by atoms with Crippen molar-refractivity contribution in [3.8, 4) is 11.5 Å². The summed E-state index contributed by atoms with van der Waals surface area (Å²) in [7, 11) is 0. The Hall–Kier alpha value is -1.84. The van der Waals surface area contributed by atoms with E-state index in [4.69, 9.17) is 10.2 Å². The van der Waals surface area contributed by atoms with Crippen LogP contribution in [0.3, 0.4) is 0 Å². The third kappa shape index (κ3) is 1.27. The Bertz CT molecular complexity index is 301. The second-order valence-corrected chi connectivity index (χ2v) is 2.21. The summed E-state index contributed by atoms with van der Waals surface area (Å²) >= 11 is 0. The van der Waals surface area contributed by atoms with Crippen molar-refractivity contribution in [1.82, 2.24) is 0 Å². The Labute approximate surface area is 68.1 Å². The molecule has 0 bridgehead atoms. The minimum atomic E-state index is -0.340. The van der Waals surface area contributed by atoms with Gasteiger partial charge in [-0.2, -0.15) is 0 Å². The summed E-state index contributed by atoms with van der Waals surface area (Å²) < 4.78 is 0. The molecule has 0 amide bonds. The molecule has 12 heavy (non-hydrogen) atoms. The molecule has 0 aliphatic carbocycles. The summed E-state index contributed by atoms with van der Waals surface area (Å²) in [5, 5.41) is 18.0. The van der Waals surface area contributed by atoms with Crippen LogP contribution in [0, 0.1) is 0 Å². The van der Waals surface area contributed by atoms with Crippen LogP contribution >= 0.6 is 0 Å². The van der Waals surface area contributed by atoms with Gasteiger partial charge in [-0.3, -0.25) is 9.59 Å². The predicted molar refractivity (Wildman–Crippen MR) is 40.5 cm³/mol. The van der Waals surface area contributed by atoms with Crippen molar-refractivity contribution in [2.24, 2.45) is 0 Å². The van der Waals surface area contributed by atoms with Crippen LogP contribution < -0.4 is 0 Å². The lowest BCUT2D eigenvalue weighted by molar-refractivity contribution is 0.111. The van der Waals surface area contributed by atoms with Gasteiger partial charge in [0.15, 0.2) is 12.6 Å². The van der Waals surface area contributed by atoms with Gasteiger partial charge in [-0.15, -0.1) is 0 Å². The molecule has 1 aromatic rings. The van der Waals surface area contributed by atoms with E-state index in [-0.39, 0.29) is 22.6 Å². The molecule has 0 fully saturated rings. The number of hydrogen-bond donors (Lipinski definition) is 2. The molecule has 4 nitrogen and oxygen atoms in total. The van der Waals surface area contributed by atoms with E-state index in [1.807, 2.05) is 0 Å². The minimum absolute atomic E-state index is 0.0186. The number of carbonyl (C=O) groups is 2. The molecule has 0 spiro atoms. The van der Waals surface area contributed by atoms with Crippen LogP contribution in [0.1, 0.15) is 20.7 Å². The zero-order valence-electron chi connectivity index (χ0n) is 6.02. The molecule has 0 atom stereocenters. The van der Waals surface area contributed by atoms with Crippen molar-refractivity contribution in [2.75, 3.05) is 0 Å². The summed E-state index contributed by atoms with van der Waals surface area (Å²) in [6, 6.07) is 2.07. The van der Waals surface area contributed by atoms with Gasteiger partial charge in [0.05, 0.1) is 11.1 Å². The molecule has 62 valence electrons. The number of benzene rings is 1. The number of aldehydes is 2. The third-order valence-electron chi connectivity index (χ3n) is 1.43. The maximum absolute atomic E-state index is 10.2. The average molecular weight is 166 g/mol. The van der Waals surface area contributed by atoms with E-state index < -0.39 is 0 Å². The molecule has 0 saturated carbocycles. The molecule has 0 unspecified atom stereocenters. The van der Waals surface area contributed by atoms with E-state index in [0.29, 0.717) is 12.6 Å². The lowest BCUT2D eigenvalue weighted by Gasteiger charge is -2.00. The van der Waals surface area contributed by atoms with Crippen molar-refractivity contribution in [3.63, 3.8) is 0 Å².